The van der Waals surface area contributed by atoms with Crippen molar-refractivity contribution < 1.29 is 9.53 Å². The smallest absolute Gasteiger partial charge is 0.222 e. The van der Waals surface area contributed by atoms with E-state index in [1.165, 1.54) is 5.56 Å². The molecule has 1 fully saturated rings. The molecule has 2 unspecified atom stereocenters. The van der Waals surface area contributed by atoms with Gasteiger partial charge in [0.15, 0.2) is 0 Å². The lowest BCUT2D eigenvalue weighted by molar-refractivity contribution is -0.123. The van der Waals surface area contributed by atoms with Crippen LogP contribution in [0.4, 0.5) is 0 Å². The monoisotopic (exact) mass is 319 g/mol. The molecule has 0 aliphatic carbocycles. The number of benzene rings is 1. The third-order valence-electron chi connectivity index (χ3n) is 4.53. The van der Waals surface area contributed by atoms with Gasteiger partial charge in [-0.1, -0.05) is 30.3 Å². The van der Waals surface area contributed by atoms with Crippen LogP contribution in [0.5, 0.6) is 0 Å². The summed E-state index contributed by atoms with van der Waals surface area (Å²) in [6.45, 7) is 4.41. The fourth-order valence-corrected chi connectivity index (χ4v) is 3.01. The predicted molar refractivity (Wildman–Crippen MR) is 92.2 cm³/mol. The molecule has 1 amide bonds. The molecule has 2 rings (SSSR count). The maximum atomic E-state index is 11.9. The summed E-state index contributed by atoms with van der Waals surface area (Å²) in [5.41, 5.74) is 6.92. The van der Waals surface area contributed by atoms with Crippen LogP contribution < -0.4 is 11.1 Å². The standard InChI is InChI=1S/C18H29N3O2/c1-23-17(12-19)11-18(22)20-13-16-8-10-21(14-16)9-7-15-5-3-2-4-6-15/h2-6,16-17H,7-14,19H2,1H3,(H,20,22). The minimum absolute atomic E-state index is 0.0324. The van der Waals surface area contributed by atoms with Crippen LogP contribution in [0.25, 0.3) is 0 Å². The van der Waals surface area contributed by atoms with Gasteiger partial charge in [-0.25, -0.2) is 0 Å². The molecular formula is C18H29N3O2. The molecule has 5 heteroatoms. The first-order chi connectivity index (χ1) is 11.2. The Morgan fingerprint density at radius 1 is 1.43 bits per heavy atom. The van der Waals surface area contributed by atoms with Crippen LogP contribution in [0.15, 0.2) is 30.3 Å². The molecule has 2 atom stereocenters. The summed E-state index contributed by atoms with van der Waals surface area (Å²) >= 11 is 0. The van der Waals surface area contributed by atoms with Gasteiger partial charge in [0.1, 0.15) is 0 Å². The van der Waals surface area contributed by atoms with Gasteiger partial charge in [0.05, 0.1) is 12.5 Å². The van der Waals surface area contributed by atoms with Gasteiger partial charge >= 0.3 is 0 Å². The van der Waals surface area contributed by atoms with Gasteiger partial charge in [-0.05, 0) is 30.9 Å². The molecule has 1 aromatic rings. The van der Waals surface area contributed by atoms with Gasteiger partial charge < -0.3 is 20.7 Å². The number of carbonyl (C=O) groups is 1. The van der Waals surface area contributed by atoms with E-state index in [1.54, 1.807) is 7.11 Å². The minimum atomic E-state index is -0.180. The van der Waals surface area contributed by atoms with Gasteiger partial charge in [-0.15, -0.1) is 0 Å². The van der Waals surface area contributed by atoms with Crippen LogP contribution in [0.2, 0.25) is 0 Å². The second-order valence-corrected chi connectivity index (χ2v) is 6.29. The van der Waals surface area contributed by atoms with Gasteiger partial charge in [-0.3, -0.25) is 4.79 Å². The maximum Gasteiger partial charge on any atom is 0.222 e. The Morgan fingerprint density at radius 2 is 2.22 bits per heavy atom. The van der Waals surface area contributed by atoms with Crippen molar-refractivity contribution >= 4 is 5.91 Å². The average molecular weight is 319 g/mol. The summed E-state index contributed by atoms with van der Waals surface area (Å²) < 4.78 is 5.14. The molecule has 3 N–H and O–H groups in total. The summed E-state index contributed by atoms with van der Waals surface area (Å²) in [6, 6.07) is 10.6. The van der Waals surface area contributed by atoms with E-state index < -0.39 is 0 Å². The zero-order chi connectivity index (χ0) is 16.5. The lowest BCUT2D eigenvalue weighted by Gasteiger charge is -2.17. The third kappa shape index (κ3) is 6.29. The third-order valence-corrected chi connectivity index (χ3v) is 4.53. The largest absolute Gasteiger partial charge is 0.380 e. The first kappa shape index (κ1) is 17.9. The van der Waals surface area contributed by atoms with E-state index in [2.05, 4.69) is 40.5 Å². The van der Waals surface area contributed by atoms with Crippen molar-refractivity contribution in [2.75, 3.05) is 39.8 Å². The summed E-state index contributed by atoms with van der Waals surface area (Å²) in [6.07, 6.45) is 2.41. The Labute approximate surface area is 139 Å². The van der Waals surface area contributed by atoms with Crippen molar-refractivity contribution in [3.05, 3.63) is 35.9 Å². The first-order valence-corrected chi connectivity index (χ1v) is 8.47. The number of methoxy groups -OCH3 is 1. The second-order valence-electron chi connectivity index (χ2n) is 6.29. The molecule has 23 heavy (non-hydrogen) atoms. The predicted octanol–water partition coefficient (Wildman–Crippen LogP) is 1.03. The fourth-order valence-electron chi connectivity index (χ4n) is 3.01. The van der Waals surface area contributed by atoms with Crippen LogP contribution in [-0.2, 0) is 16.0 Å². The van der Waals surface area contributed by atoms with Gasteiger partial charge in [-0.2, -0.15) is 0 Å². The highest BCUT2D eigenvalue weighted by atomic mass is 16.5. The van der Waals surface area contributed by atoms with Crippen LogP contribution in [-0.4, -0.2) is 56.7 Å². The van der Waals surface area contributed by atoms with Crippen molar-refractivity contribution in [2.24, 2.45) is 11.7 Å². The Bertz CT molecular complexity index is 463. The molecule has 5 nitrogen and oxygen atoms in total. The van der Waals surface area contributed by atoms with E-state index in [4.69, 9.17) is 10.5 Å². The molecule has 1 heterocycles. The molecular weight excluding hydrogens is 290 g/mol. The molecule has 1 aliphatic rings. The average Bonchev–Trinajstić information content (AvgIpc) is 3.05. The molecule has 0 saturated carbocycles. The molecule has 128 valence electrons. The molecule has 1 aromatic carbocycles. The second kappa shape index (κ2) is 9.65. The highest BCUT2D eigenvalue weighted by Crippen LogP contribution is 2.16. The number of hydrogen-bond donors (Lipinski definition) is 2. The highest BCUT2D eigenvalue weighted by molar-refractivity contribution is 5.76. The molecule has 0 bridgehead atoms. The Kier molecular flexibility index (Phi) is 7.52. The van der Waals surface area contributed by atoms with E-state index in [9.17, 15) is 4.79 Å². The van der Waals surface area contributed by atoms with Crippen LogP contribution in [0.1, 0.15) is 18.4 Å². The number of hydrogen-bond acceptors (Lipinski definition) is 4. The number of amides is 1. The van der Waals surface area contributed by atoms with E-state index in [1.807, 2.05) is 0 Å². The minimum Gasteiger partial charge on any atom is -0.380 e. The zero-order valence-electron chi connectivity index (χ0n) is 14.0. The quantitative estimate of drug-likeness (QED) is 0.713. The van der Waals surface area contributed by atoms with Crippen LogP contribution in [0.3, 0.4) is 0 Å². The van der Waals surface area contributed by atoms with E-state index in [-0.39, 0.29) is 12.0 Å². The topological polar surface area (TPSA) is 67.6 Å². The fraction of sp³-hybridized carbons (Fsp3) is 0.611. The number of nitrogens with zero attached hydrogens (tertiary/aromatic N) is 1. The van der Waals surface area contributed by atoms with Crippen molar-refractivity contribution in [1.82, 2.24) is 10.2 Å². The maximum absolute atomic E-state index is 11.9. The summed E-state index contributed by atoms with van der Waals surface area (Å²) in [4.78, 5) is 14.3. The summed E-state index contributed by atoms with van der Waals surface area (Å²) in [5.74, 6) is 0.582. The van der Waals surface area contributed by atoms with Gasteiger partial charge in [0.2, 0.25) is 5.91 Å². The van der Waals surface area contributed by atoms with E-state index in [0.29, 0.717) is 18.9 Å². The summed E-state index contributed by atoms with van der Waals surface area (Å²) in [7, 11) is 1.59. The number of rotatable bonds is 9. The van der Waals surface area contributed by atoms with E-state index >= 15 is 0 Å². The molecule has 0 radical (unpaired) electrons. The van der Waals surface area contributed by atoms with Crippen LogP contribution >= 0.6 is 0 Å². The van der Waals surface area contributed by atoms with Crippen molar-refractivity contribution in [2.45, 2.75) is 25.4 Å². The zero-order valence-corrected chi connectivity index (χ0v) is 14.0. The molecule has 0 spiro atoms. The Morgan fingerprint density at radius 3 is 2.91 bits per heavy atom. The van der Waals surface area contributed by atoms with Crippen LogP contribution in [0, 0.1) is 5.92 Å². The van der Waals surface area contributed by atoms with Gasteiger partial charge in [0, 0.05) is 33.3 Å². The van der Waals surface area contributed by atoms with Crippen molar-refractivity contribution in [1.29, 1.82) is 0 Å². The normalized spacial score (nSPS) is 19.7. The lowest BCUT2D eigenvalue weighted by Crippen LogP contribution is -2.35. The number of nitrogens with two attached hydrogens (primary N) is 1. The van der Waals surface area contributed by atoms with E-state index in [0.717, 1.165) is 39.0 Å². The first-order valence-electron chi connectivity index (χ1n) is 8.47. The van der Waals surface area contributed by atoms with Crippen molar-refractivity contribution in [3.63, 3.8) is 0 Å². The number of ether oxygens (including phenoxy) is 1. The van der Waals surface area contributed by atoms with Gasteiger partial charge in [0.25, 0.3) is 0 Å². The highest BCUT2D eigenvalue weighted by Gasteiger charge is 2.22. The molecule has 1 saturated heterocycles. The number of carbonyl (C=O) groups excluding carboxylic acids is 1. The van der Waals surface area contributed by atoms with Crippen molar-refractivity contribution in [3.8, 4) is 0 Å². The lowest BCUT2D eigenvalue weighted by atomic mass is 10.1. The molecule has 1 aliphatic heterocycles. The Balaban J connectivity index is 1.62. The number of likely N-dealkylation sites (tertiary alicyclic amines) is 1. The molecule has 0 aromatic heterocycles. The Hall–Kier alpha value is -1.43. The summed E-state index contributed by atoms with van der Waals surface area (Å²) in [5, 5.41) is 3.02. The number of nitrogens with one attached hydrogen (secondary N) is 1. The SMILES string of the molecule is COC(CN)CC(=O)NCC1CCN(CCc2ccccc2)C1.